The highest BCUT2D eigenvalue weighted by Gasteiger charge is 2.04. The van der Waals surface area contributed by atoms with Gasteiger partial charge in [0.15, 0.2) is 5.82 Å². The summed E-state index contributed by atoms with van der Waals surface area (Å²) >= 11 is 0. The van der Waals surface area contributed by atoms with Crippen molar-refractivity contribution in [3.63, 3.8) is 0 Å². The maximum atomic E-state index is 13.6. The number of hydrogen-bond donors (Lipinski definition) is 2. The van der Waals surface area contributed by atoms with E-state index in [-0.39, 0.29) is 5.82 Å². The van der Waals surface area contributed by atoms with Crippen molar-refractivity contribution in [2.45, 2.75) is 20.3 Å². The van der Waals surface area contributed by atoms with Crippen LogP contribution in [-0.4, -0.2) is 21.7 Å². The maximum Gasteiger partial charge on any atom is 0.244 e. The van der Waals surface area contributed by atoms with Gasteiger partial charge in [0.05, 0.1) is 6.20 Å². The Balaban J connectivity index is 1.62. The Bertz CT molecular complexity index is 846. The monoisotopic (exact) mass is 337 g/mol. The summed E-state index contributed by atoms with van der Waals surface area (Å²) in [5, 5.41) is 14.2. The van der Waals surface area contributed by atoms with Crippen LogP contribution in [0.3, 0.4) is 0 Å². The lowest BCUT2D eigenvalue weighted by atomic mass is 10.1. The third kappa shape index (κ3) is 4.73. The van der Waals surface area contributed by atoms with E-state index in [0.29, 0.717) is 30.3 Å². The average Bonchev–Trinajstić information content (AvgIpc) is 2.56. The third-order valence-corrected chi connectivity index (χ3v) is 3.69. The van der Waals surface area contributed by atoms with Gasteiger partial charge < -0.3 is 10.6 Å². The Morgan fingerprint density at radius 2 is 1.80 bits per heavy atom. The molecule has 2 aromatic carbocycles. The summed E-state index contributed by atoms with van der Waals surface area (Å²) in [6, 6.07) is 12.9. The first-order valence-electron chi connectivity index (χ1n) is 8.12. The lowest BCUT2D eigenvalue weighted by Gasteiger charge is -2.09. The van der Waals surface area contributed by atoms with Crippen molar-refractivity contribution in [2.75, 3.05) is 17.2 Å². The van der Waals surface area contributed by atoms with Crippen LogP contribution in [0.2, 0.25) is 0 Å². The molecule has 3 aromatic rings. The van der Waals surface area contributed by atoms with Gasteiger partial charge in [-0.25, -0.2) is 4.39 Å². The van der Waals surface area contributed by atoms with Gasteiger partial charge in [-0.1, -0.05) is 24.3 Å². The summed E-state index contributed by atoms with van der Waals surface area (Å²) in [6.45, 7) is 4.62. The first kappa shape index (κ1) is 16.8. The van der Waals surface area contributed by atoms with Crippen LogP contribution >= 0.6 is 0 Å². The SMILES string of the molecule is Cc1cc(C)cc(Nc2cnnc(NCCc3ccccc3F)n2)c1. The van der Waals surface area contributed by atoms with Crippen LogP contribution in [0, 0.1) is 19.7 Å². The fourth-order valence-electron chi connectivity index (χ4n) is 2.64. The molecule has 0 spiro atoms. The number of benzene rings is 2. The summed E-state index contributed by atoms with van der Waals surface area (Å²) in [4.78, 5) is 4.39. The van der Waals surface area contributed by atoms with Gasteiger partial charge in [-0.2, -0.15) is 10.1 Å². The Kier molecular flexibility index (Phi) is 5.18. The zero-order valence-electron chi connectivity index (χ0n) is 14.3. The molecule has 0 saturated carbocycles. The molecular formula is C19H20FN5. The molecule has 1 aromatic heterocycles. The quantitative estimate of drug-likeness (QED) is 0.711. The maximum absolute atomic E-state index is 13.6. The van der Waals surface area contributed by atoms with Crippen LogP contribution in [0.4, 0.5) is 21.8 Å². The molecule has 0 amide bonds. The molecule has 0 aliphatic carbocycles. The van der Waals surface area contributed by atoms with Crippen molar-refractivity contribution in [2.24, 2.45) is 0 Å². The number of hydrogen-bond acceptors (Lipinski definition) is 5. The Morgan fingerprint density at radius 3 is 2.56 bits per heavy atom. The predicted octanol–water partition coefficient (Wildman–Crippen LogP) is 4.03. The van der Waals surface area contributed by atoms with Gasteiger partial charge in [0.1, 0.15) is 5.82 Å². The van der Waals surface area contributed by atoms with E-state index in [0.717, 1.165) is 5.69 Å². The summed E-state index contributed by atoms with van der Waals surface area (Å²) in [5.74, 6) is 0.813. The molecule has 6 heteroatoms. The zero-order chi connectivity index (χ0) is 17.6. The average molecular weight is 337 g/mol. The van der Waals surface area contributed by atoms with Crippen molar-refractivity contribution >= 4 is 17.5 Å². The van der Waals surface area contributed by atoms with Crippen LogP contribution in [0.25, 0.3) is 0 Å². The van der Waals surface area contributed by atoms with E-state index in [1.54, 1.807) is 18.3 Å². The van der Waals surface area contributed by atoms with Crippen LogP contribution in [0.1, 0.15) is 16.7 Å². The number of halogens is 1. The molecule has 0 aliphatic rings. The number of aryl methyl sites for hydroxylation is 2. The predicted molar refractivity (Wildman–Crippen MR) is 97.6 cm³/mol. The van der Waals surface area contributed by atoms with Crippen molar-refractivity contribution in [1.29, 1.82) is 0 Å². The van der Waals surface area contributed by atoms with Gasteiger partial charge in [-0.3, -0.25) is 0 Å². The Labute approximate surface area is 146 Å². The van der Waals surface area contributed by atoms with Crippen molar-refractivity contribution < 1.29 is 4.39 Å². The standard InChI is InChI=1S/C19H20FN5/c1-13-9-14(2)11-16(10-13)23-18-12-22-25-19(24-18)21-8-7-15-5-3-4-6-17(15)20/h3-6,9-12H,7-8H2,1-2H3,(H2,21,23,24,25). The normalized spacial score (nSPS) is 10.5. The van der Waals surface area contributed by atoms with Gasteiger partial charge in [0, 0.05) is 12.2 Å². The van der Waals surface area contributed by atoms with Gasteiger partial charge in [-0.05, 0) is 55.2 Å². The molecule has 3 rings (SSSR count). The molecular weight excluding hydrogens is 317 g/mol. The van der Waals surface area contributed by atoms with Crippen LogP contribution in [0.15, 0.2) is 48.7 Å². The molecule has 5 nitrogen and oxygen atoms in total. The summed E-state index contributed by atoms with van der Waals surface area (Å²) in [7, 11) is 0. The minimum Gasteiger partial charge on any atom is -0.353 e. The number of rotatable bonds is 6. The van der Waals surface area contributed by atoms with E-state index in [1.165, 1.54) is 17.2 Å². The molecule has 0 unspecified atom stereocenters. The van der Waals surface area contributed by atoms with E-state index in [4.69, 9.17) is 0 Å². The van der Waals surface area contributed by atoms with Gasteiger partial charge in [0.25, 0.3) is 0 Å². The highest BCUT2D eigenvalue weighted by Crippen LogP contribution is 2.18. The van der Waals surface area contributed by atoms with Crippen LogP contribution in [0.5, 0.6) is 0 Å². The number of aromatic nitrogens is 3. The van der Waals surface area contributed by atoms with Gasteiger partial charge >= 0.3 is 0 Å². The molecule has 0 atom stereocenters. The fourth-order valence-corrected chi connectivity index (χ4v) is 2.64. The van der Waals surface area contributed by atoms with Crippen LogP contribution < -0.4 is 10.6 Å². The molecule has 0 radical (unpaired) electrons. The minimum atomic E-state index is -0.200. The second kappa shape index (κ2) is 7.70. The van der Waals surface area contributed by atoms with Crippen molar-refractivity contribution in [1.82, 2.24) is 15.2 Å². The fraction of sp³-hybridized carbons (Fsp3) is 0.211. The van der Waals surface area contributed by atoms with E-state index >= 15 is 0 Å². The molecule has 0 fully saturated rings. The topological polar surface area (TPSA) is 62.7 Å². The number of nitrogens with one attached hydrogen (secondary N) is 2. The summed E-state index contributed by atoms with van der Waals surface area (Å²) in [6.07, 6.45) is 2.12. The van der Waals surface area contributed by atoms with Crippen LogP contribution in [-0.2, 0) is 6.42 Å². The highest BCUT2D eigenvalue weighted by atomic mass is 19.1. The largest absolute Gasteiger partial charge is 0.353 e. The molecule has 1 heterocycles. The first-order valence-corrected chi connectivity index (χ1v) is 8.12. The second-order valence-electron chi connectivity index (χ2n) is 5.93. The Hall–Kier alpha value is -3.02. The molecule has 0 saturated heterocycles. The Morgan fingerprint density at radius 1 is 1.04 bits per heavy atom. The molecule has 2 N–H and O–H groups in total. The van der Waals surface area contributed by atoms with Gasteiger partial charge in [0.2, 0.25) is 5.95 Å². The minimum absolute atomic E-state index is 0.200. The second-order valence-corrected chi connectivity index (χ2v) is 5.93. The van der Waals surface area contributed by atoms with Gasteiger partial charge in [-0.15, -0.1) is 5.10 Å². The lowest BCUT2D eigenvalue weighted by molar-refractivity contribution is 0.610. The van der Waals surface area contributed by atoms with E-state index in [1.807, 2.05) is 32.0 Å². The van der Waals surface area contributed by atoms with Crippen molar-refractivity contribution in [3.8, 4) is 0 Å². The smallest absolute Gasteiger partial charge is 0.244 e. The van der Waals surface area contributed by atoms with E-state index in [2.05, 4.69) is 31.9 Å². The summed E-state index contributed by atoms with van der Waals surface area (Å²) < 4.78 is 13.6. The highest BCUT2D eigenvalue weighted by molar-refractivity contribution is 5.58. The molecule has 128 valence electrons. The number of nitrogens with zero attached hydrogens (tertiary/aromatic N) is 3. The lowest BCUT2D eigenvalue weighted by Crippen LogP contribution is -2.10. The third-order valence-electron chi connectivity index (χ3n) is 3.69. The first-order chi connectivity index (χ1) is 12.1. The van der Waals surface area contributed by atoms with Crippen molar-refractivity contribution in [3.05, 3.63) is 71.2 Å². The van der Waals surface area contributed by atoms with E-state index in [9.17, 15) is 4.39 Å². The van der Waals surface area contributed by atoms with E-state index < -0.39 is 0 Å². The number of anilines is 3. The molecule has 0 aliphatic heterocycles. The zero-order valence-corrected chi connectivity index (χ0v) is 14.3. The molecule has 0 bridgehead atoms. The summed E-state index contributed by atoms with van der Waals surface area (Å²) in [5.41, 5.74) is 3.96. The molecule has 25 heavy (non-hydrogen) atoms.